The van der Waals surface area contributed by atoms with Gasteiger partial charge in [0.15, 0.2) is 0 Å². The molecule has 4 rings (SSSR count). The molecule has 0 radical (unpaired) electrons. The molecule has 0 aromatic rings. The van der Waals surface area contributed by atoms with Crippen LogP contribution < -0.4 is 0 Å². The van der Waals surface area contributed by atoms with Gasteiger partial charge in [0, 0.05) is 5.41 Å². The molecule has 0 amide bonds. The third-order valence-corrected chi connectivity index (χ3v) is 8.49. The lowest BCUT2D eigenvalue weighted by Gasteiger charge is -2.59. The van der Waals surface area contributed by atoms with E-state index in [-0.39, 0.29) is 34.2 Å². The SMILES string of the molecule is C#C[C@@]1(O)CC[C@H]2[C@@H]3[C@@H](O)C=C4C[C@@H](O)CC[C@]4(C)[C@H]3CC[C@@]21C.O. The highest BCUT2D eigenvalue weighted by Crippen LogP contribution is 2.66. The average Bonchev–Trinajstić information content (AvgIpc) is 2.82. The van der Waals surface area contributed by atoms with Gasteiger partial charge >= 0.3 is 0 Å². The minimum Gasteiger partial charge on any atom is -0.412 e. The fourth-order valence-electron chi connectivity index (χ4n) is 6.88. The predicted octanol–water partition coefficient (Wildman–Crippen LogP) is 1.82. The van der Waals surface area contributed by atoms with E-state index in [4.69, 9.17) is 6.42 Å². The molecule has 4 aliphatic rings. The van der Waals surface area contributed by atoms with Crippen LogP contribution in [0.5, 0.6) is 0 Å². The molecule has 8 atom stereocenters. The van der Waals surface area contributed by atoms with Crippen LogP contribution in [0.3, 0.4) is 0 Å². The quantitative estimate of drug-likeness (QED) is 0.460. The number of terminal acetylenes is 1. The minimum atomic E-state index is -1.03. The average molecular weight is 348 g/mol. The summed E-state index contributed by atoms with van der Waals surface area (Å²) in [6, 6.07) is 0. The van der Waals surface area contributed by atoms with Crippen molar-refractivity contribution in [2.24, 2.45) is 28.6 Å². The predicted molar refractivity (Wildman–Crippen MR) is 96.5 cm³/mol. The van der Waals surface area contributed by atoms with E-state index in [1.807, 2.05) is 6.08 Å². The van der Waals surface area contributed by atoms with Gasteiger partial charge < -0.3 is 20.8 Å². The van der Waals surface area contributed by atoms with Crippen LogP contribution in [0.2, 0.25) is 0 Å². The summed E-state index contributed by atoms with van der Waals surface area (Å²) in [5, 5.41) is 32.0. The molecule has 0 heterocycles. The van der Waals surface area contributed by atoms with Crippen LogP contribution in [0.1, 0.15) is 58.8 Å². The van der Waals surface area contributed by atoms with Crippen molar-refractivity contribution in [2.75, 3.05) is 0 Å². The first kappa shape index (κ1) is 18.9. The molecule has 3 saturated carbocycles. The normalized spacial score (nSPS) is 54.2. The summed E-state index contributed by atoms with van der Waals surface area (Å²) in [6.07, 6.45) is 13.0. The highest BCUT2D eigenvalue weighted by atomic mass is 16.3. The minimum absolute atomic E-state index is 0. The fourth-order valence-corrected chi connectivity index (χ4v) is 6.88. The maximum atomic E-state index is 11.0. The van der Waals surface area contributed by atoms with Gasteiger partial charge in [-0.2, -0.15) is 0 Å². The van der Waals surface area contributed by atoms with E-state index in [0.717, 1.165) is 32.1 Å². The van der Waals surface area contributed by atoms with E-state index in [9.17, 15) is 15.3 Å². The van der Waals surface area contributed by atoms with Gasteiger partial charge in [-0.3, -0.25) is 0 Å². The lowest BCUT2D eigenvalue weighted by molar-refractivity contribution is -0.123. The molecule has 140 valence electrons. The Labute approximate surface area is 150 Å². The number of aliphatic hydroxyl groups is 3. The third-order valence-electron chi connectivity index (χ3n) is 8.49. The van der Waals surface area contributed by atoms with Gasteiger partial charge in [-0.05, 0) is 68.1 Å². The van der Waals surface area contributed by atoms with Crippen molar-refractivity contribution in [3.8, 4) is 12.3 Å². The van der Waals surface area contributed by atoms with Crippen LogP contribution in [0.15, 0.2) is 11.6 Å². The zero-order valence-corrected chi connectivity index (χ0v) is 15.3. The second kappa shape index (κ2) is 5.82. The Balaban J connectivity index is 0.00000182. The maximum Gasteiger partial charge on any atom is 0.130 e. The molecule has 0 aliphatic heterocycles. The summed E-state index contributed by atoms with van der Waals surface area (Å²) in [4.78, 5) is 0. The Bertz CT molecular complexity index is 622. The summed E-state index contributed by atoms with van der Waals surface area (Å²) < 4.78 is 0. The first-order valence-electron chi connectivity index (χ1n) is 9.53. The second-order valence-electron chi connectivity index (χ2n) is 9.29. The summed E-state index contributed by atoms with van der Waals surface area (Å²) in [5.41, 5.74) is 0.0145. The van der Waals surface area contributed by atoms with Crippen molar-refractivity contribution >= 4 is 0 Å². The largest absolute Gasteiger partial charge is 0.412 e. The molecule has 0 unspecified atom stereocenters. The second-order valence-corrected chi connectivity index (χ2v) is 9.29. The van der Waals surface area contributed by atoms with Crippen molar-refractivity contribution < 1.29 is 20.8 Å². The molecule has 0 bridgehead atoms. The Hall–Kier alpha value is -0.860. The molecule has 0 saturated heterocycles. The first-order chi connectivity index (χ1) is 11.2. The standard InChI is InChI=1S/C21H30O3.H2O/c1-4-21(24)10-7-16-18-15(6-9-20(16,21)3)19(2)8-5-14(22)11-13(19)12-17(18)23;/h1,12,14-18,22-24H,5-11H2,2-3H3;1H2/t14-,15-,16-,17-,18+,19-,20-,21+;/m0./s1. The smallest absolute Gasteiger partial charge is 0.130 e. The summed E-state index contributed by atoms with van der Waals surface area (Å²) in [6.45, 7) is 4.47. The molecule has 25 heavy (non-hydrogen) atoms. The zero-order valence-electron chi connectivity index (χ0n) is 15.3. The van der Waals surface area contributed by atoms with Crippen LogP contribution in [0.25, 0.3) is 0 Å². The molecule has 4 heteroatoms. The molecule has 0 spiro atoms. The van der Waals surface area contributed by atoms with E-state index in [2.05, 4.69) is 19.8 Å². The summed E-state index contributed by atoms with van der Waals surface area (Å²) >= 11 is 0. The highest BCUT2D eigenvalue weighted by molar-refractivity contribution is 5.30. The number of rotatable bonds is 0. The van der Waals surface area contributed by atoms with Crippen molar-refractivity contribution in [1.82, 2.24) is 0 Å². The topological polar surface area (TPSA) is 92.2 Å². The number of hydrogen-bond acceptors (Lipinski definition) is 3. The van der Waals surface area contributed by atoms with E-state index < -0.39 is 11.7 Å². The van der Waals surface area contributed by atoms with E-state index in [1.165, 1.54) is 5.57 Å². The van der Waals surface area contributed by atoms with Gasteiger partial charge in [-0.15, -0.1) is 6.42 Å². The molecular formula is C21H32O4. The Morgan fingerprint density at radius 3 is 2.44 bits per heavy atom. The monoisotopic (exact) mass is 348 g/mol. The van der Waals surface area contributed by atoms with Crippen LogP contribution in [-0.4, -0.2) is 38.6 Å². The van der Waals surface area contributed by atoms with Gasteiger partial charge in [0.05, 0.1) is 12.2 Å². The van der Waals surface area contributed by atoms with Crippen molar-refractivity contribution in [3.63, 3.8) is 0 Å². The maximum absolute atomic E-state index is 11.0. The third kappa shape index (κ3) is 2.29. The molecular weight excluding hydrogens is 316 g/mol. The van der Waals surface area contributed by atoms with Gasteiger partial charge in [0.2, 0.25) is 0 Å². The zero-order chi connectivity index (χ0) is 17.3. The molecule has 4 aliphatic carbocycles. The van der Waals surface area contributed by atoms with Crippen molar-refractivity contribution in [3.05, 3.63) is 11.6 Å². The van der Waals surface area contributed by atoms with E-state index in [0.29, 0.717) is 18.8 Å². The summed E-state index contributed by atoms with van der Waals surface area (Å²) in [7, 11) is 0. The van der Waals surface area contributed by atoms with Gasteiger partial charge in [-0.25, -0.2) is 0 Å². The molecule has 0 aromatic carbocycles. The van der Waals surface area contributed by atoms with Crippen LogP contribution in [-0.2, 0) is 0 Å². The van der Waals surface area contributed by atoms with Crippen molar-refractivity contribution in [1.29, 1.82) is 0 Å². The lowest BCUT2D eigenvalue weighted by Crippen LogP contribution is -2.57. The van der Waals surface area contributed by atoms with Gasteiger partial charge in [-0.1, -0.05) is 31.4 Å². The van der Waals surface area contributed by atoms with Crippen LogP contribution in [0.4, 0.5) is 0 Å². The van der Waals surface area contributed by atoms with E-state index in [1.54, 1.807) is 0 Å². The Kier molecular flexibility index (Phi) is 4.41. The Morgan fingerprint density at radius 2 is 1.76 bits per heavy atom. The molecule has 0 aromatic heterocycles. The molecule has 5 N–H and O–H groups in total. The van der Waals surface area contributed by atoms with E-state index >= 15 is 0 Å². The summed E-state index contributed by atoms with van der Waals surface area (Å²) in [5.74, 6) is 3.56. The molecule has 3 fully saturated rings. The number of fused-ring (bicyclic) bond motifs is 5. The number of hydrogen-bond donors (Lipinski definition) is 3. The molecule has 4 nitrogen and oxygen atoms in total. The van der Waals surface area contributed by atoms with Crippen LogP contribution >= 0.6 is 0 Å². The van der Waals surface area contributed by atoms with Crippen LogP contribution in [0, 0.1) is 40.9 Å². The Morgan fingerprint density at radius 1 is 1.08 bits per heavy atom. The van der Waals surface area contributed by atoms with Gasteiger partial charge in [0.25, 0.3) is 0 Å². The van der Waals surface area contributed by atoms with Gasteiger partial charge in [0.1, 0.15) is 5.60 Å². The highest BCUT2D eigenvalue weighted by Gasteiger charge is 2.64. The van der Waals surface area contributed by atoms with Crippen molar-refractivity contribution in [2.45, 2.75) is 76.6 Å². The first-order valence-corrected chi connectivity index (χ1v) is 9.53. The number of aliphatic hydroxyl groups excluding tert-OH is 2. The fraction of sp³-hybridized carbons (Fsp3) is 0.810. The lowest BCUT2D eigenvalue weighted by atomic mass is 9.46.